The fourth-order valence-corrected chi connectivity index (χ4v) is 4.25. The first-order chi connectivity index (χ1) is 11.9. The van der Waals surface area contributed by atoms with Crippen LogP contribution in [0.2, 0.25) is 20.1 Å². The summed E-state index contributed by atoms with van der Waals surface area (Å²) in [7, 11) is 0. The quantitative estimate of drug-likeness (QED) is 0.357. The van der Waals surface area contributed by atoms with Crippen LogP contribution in [0.25, 0.3) is 22.1 Å². The number of imidazole rings is 2. The van der Waals surface area contributed by atoms with Crippen LogP contribution in [-0.4, -0.2) is 19.1 Å². The number of fused-ring (bicyclic) bond motifs is 6. The minimum Gasteiger partial charge on any atom is -0.306 e. The Bertz CT molecular complexity index is 1100. The third-order valence-corrected chi connectivity index (χ3v) is 6.12. The highest BCUT2D eigenvalue weighted by Crippen LogP contribution is 2.37. The van der Waals surface area contributed by atoms with E-state index in [9.17, 15) is 0 Å². The topological polar surface area (TPSA) is 35.6 Å². The normalized spacial score (nSPS) is 14.3. The molecule has 4 aromatic rings. The fraction of sp³-hybridized carbons (Fsp3) is 0.176. The zero-order valence-electron chi connectivity index (χ0n) is 12.9. The summed E-state index contributed by atoms with van der Waals surface area (Å²) >= 11 is 24.7. The van der Waals surface area contributed by atoms with Crippen molar-refractivity contribution in [1.29, 1.82) is 0 Å². The van der Waals surface area contributed by atoms with Crippen LogP contribution in [0.3, 0.4) is 0 Å². The Morgan fingerprint density at radius 2 is 1.16 bits per heavy atom. The van der Waals surface area contributed by atoms with Crippen LogP contribution in [0.4, 0.5) is 0 Å². The molecule has 3 heterocycles. The molecule has 0 saturated carbocycles. The second-order valence-corrected chi connectivity index (χ2v) is 7.74. The van der Waals surface area contributed by atoms with Crippen LogP contribution >= 0.6 is 46.4 Å². The Hall–Kier alpha value is -1.46. The largest absolute Gasteiger partial charge is 0.306 e. The van der Waals surface area contributed by atoms with Crippen LogP contribution in [0, 0.1) is 0 Å². The predicted molar refractivity (Wildman–Crippen MR) is 102 cm³/mol. The molecule has 8 heteroatoms. The van der Waals surface area contributed by atoms with Crippen molar-refractivity contribution < 1.29 is 0 Å². The van der Waals surface area contributed by atoms with Crippen molar-refractivity contribution in [3.8, 4) is 0 Å². The minimum atomic E-state index is -0.0248. The molecular formula is C17H10Cl4N4. The summed E-state index contributed by atoms with van der Waals surface area (Å²) in [6, 6.07) is 7.32. The SMILES string of the molecule is CC1n2c(nc3cc(Cl)c(Cl)cc32)Cc2nc3cc(Cl)c(Cl)cc3n21. The lowest BCUT2D eigenvalue weighted by Crippen LogP contribution is -2.25. The molecule has 25 heavy (non-hydrogen) atoms. The van der Waals surface area contributed by atoms with Gasteiger partial charge in [-0.3, -0.25) is 0 Å². The molecule has 0 unspecified atom stereocenters. The summed E-state index contributed by atoms with van der Waals surface area (Å²) in [6.07, 6.45) is 0.585. The molecule has 0 spiro atoms. The van der Waals surface area contributed by atoms with E-state index in [0.29, 0.717) is 26.5 Å². The lowest BCUT2D eigenvalue weighted by molar-refractivity contribution is 0.435. The molecule has 0 atom stereocenters. The van der Waals surface area contributed by atoms with Crippen molar-refractivity contribution in [2.24, 2.45) is 0 Å². The third kappa shape index (κ3) is 2.15. The van der Waals surface area contributed by atoms with Gasteiger partial charge >= 0.3 is 0 Å². The van der Waals surface area contributed by atoms with Gasteiger partial charge in [-0.1, -0.05) is 46.4 Å². The van der Waals surface area contributed by atoms with Crippen molar-refractivity contribution in [3.63, 3.8) is 0 Å². The summed E-state index contributed by atoms with van der Waals surface area (Å²) in [5, 5.41) is 2.03. The summed E-state index contributed by atoms with van der Waals surface area (Å²) in [5.74, 6) is 1.86. The van der Waals surface area contributed by atoms with Crippen molar-refractivity contribution in [2.45, 2.75) is 19.5 Å². The molecule has 126 valence electrons. The van der Waals surface area contributed by atoms with Crippen molar-refractivity contribution in [2.75, 3.05) is 0 Å². The van der Waals surface area contributed by atoms with Gasteiger partial charge in [0.2, 0.25) is 0 Å². The molecule has 5 rings (SSSR count). The average Bonchev–Trinajstić information content (AvgIpc) is 3.06. The van der Waals surface area contributed by atoms with Gasteiger partial charge in [0.25, 0.3) is 0 Å². The summed E-state index contributed by atoms with van der Waals surface area (Å²) in [4.78, 5) is 9.45. The first-order valence-electron chi connectivity index (χ1n) is 7.66. The lowest BCUT2D eigenvalue weighted by Gasteiger charge is -2.26. The molecule has 0 amide bonds. The molecule has 1 aliphatic heterocycles. The van der Waals surface area contributed by atoms with Crippen LogP contribution in [-0.2, 0) is 6.42 Å². The Balaban J connectivity index is 1.80. The molecule has 0 aliphatic carbocycles. The number of halogens is 4. The van der Waals surface area contributed by atoms with Gasteiger partial charge in [-0.05, 0) is 31.2 Å². The van der Waals surface area contributed by atoms with E-state index in [1.807, 2.05) is 12.1 Å². The Kier molecular flexibility index (Phi) is 3.32. The van der Waals surface area contributed by atoms with E-state index in [4.69, 9.17) is 56.4 Å². The number of hydrogen-bond donors (Lipinski definition) is 0. The number of hydrogen-bond acceptors (Lipinski definition) is 2. The Labute approximate surface area is 162 Å². The van der Waals surface area contributed by atoms with Crippen LogP contribution in [0.15, 0.2) is 24.3 Å². The molecule has 1 aliphatic rings. The monoisotopic (exact) mass is 410 g/mol. The third-order valence-electron chi connectivity index (χ3n) is 4.67. The van der Waals surface area contributed by atoms with Crippen LogP contribution < -0.4 is 0 Å². The van der Waals surface area contributed by atoms with E-state index in [1.54, 1.807) is 12.1 Å². The fourth-order valence-electron chi connectivity index (χ4n) is 3.62. The molecule has 0 fully saturated rings. The predicted octanol–water partition coefficient (Wildman–Crippen LogP) is 5.97. The standard InChI is InChI=1S/C17H10Cl4N4/c1-7-24-14-4-10(20)8(18)2-12(14)22-16(24)6-17-23-13-3-9(19)11(21)5-15(13)25(7)17/h2-5,7H,6H2,1H3. The summed E-state index contributed by atoms with van der Waals surface area (Å²) < 4.78 is 4.32. The first kappa shape index (κ1) is 15.8. The van der Waals surface area contributed by atoms with E-state index >= 15 is 0 Å². The molecule has 4 nitrogen and oxygen atoms in total. The highest BCUT2D eigenvalue weighted by Gasteiger charge is 2.28. The maximum Gasteiger partial charge on any atom is 0.119 e. The number of nitrogens with zero attached hydrogens (tertiary/aromatic N) is 4. The maximum atomic E-state index is 6.22. The second kappa shape index (κ2) is 5.27. The lowest BCUT2D eigenvalue weighted by atomic mass is 10.2. The molecule has 2 aromatic carbocycles. The molecule has 0 saturated heterocycles. The van der Waals surface area contributed by atoms with Gasteiger partial charge in [0.15, 0.2) is 0 Å². The average molecular weight is 412 g/mol. The maximum absolute atomic E-state index is 6.22. The van der Waals surface area contributed by atoms with E-state index in [-0.39, 0.29) is 6.17 Å². The molecule has 0 radical (unpaired) electrons. The van der Waals surface area contributed by atoms with E-state index in [1.165, 1.54) is 0 Å². The highest BCUT2D eigenvalue weighted by atomic mass is 35.5. The van der Waals surface area contributed by atoms with Gasteiger partial charge in [-0.15, -0.1) is 0 Å². The van der Waals surface area contributed by atoms with Gasteiger partial charge in [0.05, 0.1) is 48.6 Å². The van der Waals surface area contributed by atoms with Gasteiger partial charge in [-0.25, -0.2) is 9.97 Å². The minimum absolute atomic E-state index is 0.0248. The molecule has 0 N–H and O–H groups in total. The second-order valence-electron chi connectivity index (χ2n) is 6.11. The molecule has 0 bridgehead atoms. The van der Waals surface area contributed by atoms with Crippen LogP contribution in [0.1, 0.15) is 24.7 Å². The van der Waals surface area contributed by atoms with Crippen molar-refractivity contribution in [3.05, 3.63) is 56.0 Å². The Morgan fingerprint density at radius 3 is 1.60 bits per heavy atom. The zero-order chi connectivity index (χ0) is 17.5. The van der Waals surface area contributed by atoms with E-state index < -0.39 is 0 Å². The van der Waals surface area contributed by atoms with Crippen molar-refractivity contribution >= 4 is 68.5 Å². The molecule has 2 aromatic heterocycles. The number of rotatable bonds is 0. The number of aromatic nitrogens is 4. The Morgan fingerprint density at radius 1 is 0.760 bits per heavy atom. The zero-order valence-corrected chi connectivity index (χ0v) is 15.9. The van der Waals surface area contributed by atoms with Gasteiger partial charge in [0.1, 0.15) is 17.8 Å². The van der Waals surface area contributed by atoms with Crippen molar-refractivity contribution in [1.82, 2.24) is 19.1 Å². The summed E-state index contributed by atoms with van der Waals surface area (Å²) in [6.45, 7) is 2.10. The van der Waals surface area contributed by atoms with E-state index in [0.717, 1.165) is 33.7 Å². The van der Waals surface area contributed by atoms with Gasteiger partial charge in [-0.2, -0.15) is 0 Å². The number of benzene rings is 2. The molecular weight excluding hydrogens is 402 g/mol. The summed E-state index contributed by atoms with van der Waals surface area (Å²) in [5.41, 5.74) is 3.55. The van der Waals surface area contributed by atoms with Crippen LogP contribution in [0.5, 0.6) is 0 Å². The van der Waals surface area contributed by atoms with Gasteiger partial charge in [0, 0.05) is 0 Å². The van der Waals surface area contributed by atoms with Gasteiger partial charge < -0.3 is 9.13 Å². The first-order valence-corrected chi connectivity index (χ1v) is 9.17. The van der Waals surface area contributed by atoms with E-state index in [2.05, 4.69) is 16.1 Å². The smallest absolute Gasteiger partial charge is 0.119 e. The highest BCUT2D eigenvalue weighted by molar-refractivity contribution is 6.43.